The van der Waals surface area contributed by atoms with Crippen LogP contribution in [0.2, 0.25) is 0 Å². The van der Waals surface area contributed by atoms with Crippen LogP contribution >= 0.6 is 24.4 Å². The summed E-state index contributed by atoms with van der Waals surface area (Å²) in [6.45, 7) is 9.40. The first-order valence-corrected chi connectivity index (χ1v) is 8.28. The molecule has 0 saturated carbocycles. The van der Waals surface area contributed by atoms with Gasteiger partial charge in [0, 0.05) is 50.3 Å². The maximum Gasteiger partial charge on any atom is 0.183 e. The van der Waals surface area contributed by atoms with E-state index in [4.69, 9.17) is 24.4 Å². The summed E-state index contributed by atoms with van der Waals surface area (Å²) >= 11 is 10.7. The first kappa shape index (κ1) is 16.7. The molecule has 22 heavy (non-hydrogen) atoms. The monoisotopic (exact) mass is 334 g/mol. The van der Waals surface area contributed by atoms with Crippen molar-refractivity contribution in [2.24, 2.45) is 0 Å². The Kier molecular flexibility index (Phi) is 6.15. The lowest BCUT2D eigenvalue weighted by Gasteiger charge is -2.04. The highest BCUT2D eigenvalue weighted by atomic mass is 32.1. The summed E-state index contributed by atoms with van der Waals surface area (Å²) in [5, 5.41) is 0. The summed E-state index contributed by atoms with van der Waals surface area (Å²) in [5.74, 6) is 0. The highest BCUT2D eigenvalue weighted by molar-refractivity contribution is 7.71. The Bertz CT molecular complexity index is 681. The number of aromatic nitrogens is 4. The summed E-state index contributed by atoms with van der Waals surface area (Å²) in [4.78, 5) is 0. The second-order valence-electron chi connectivity index (χ2n) is 5.14. The fourth-order valence-corrected chi connectivity index (χ4v) is 2.97. The molecule has 118 valence electrons. The molecule has 4 nitrogen and oxygen atoms in total. The minimum atomic E-state index is 0.812. The molecule has 2 aromatic heterocycles. The van der Waals surface area contributed by atoms with Gasteiger partial charge in [-0.1, -0.05) is 26.0 Å². The Morgan fingerprint density at radius 2 is 1.14 bits per heavy atom. The maximum atomic E-state index is 5.35. The molecule has 0 spiro atoms. The van der Waals surface area contributed by atoms with Crippen molar-refractivity contribution in [1.29, 1.82) is 0 Å². The van der Waals surface area contributed by atoms with Crippen molar-refractivity contribution in [2.45, 2.75) is 38.8 Å². The van der Waals surface area contributed by atoms with Crippen molar-refractivity contribution >= 4 is 36.8 Å². The summed E-state index contributed by atoms with van der Waals surface area (Å²) in [7, 11) is 0. The van der Waals surface area contributed by atoms with Gasteiger partial charge < -0.3 is 9.13 Å². The molecule has 0 aromatic carbocycles. The van der Waals surface area contributed by atoms with Crippen LogP contribution in [0.1, 0.15) is 25.7 Å². The summed E-state index contributed by atoms with van der Waals surface area (Å²) in [6, 6.07) is 0. The molecule has 0 N–H and O–H groups in total. The van der Waals surface area contributed by atoms with Crippen molar-refractivity contribution < 1.29 is 0 Å². The van der Waals surface area contributed by atoms with Crippen molar-refractivity contribution in [3.05, 3.63) is 47.5 Å². The van der Waals surface area contributed by atoms with E-state index in [1.165, 1.54) is 12.8 Å². The molecular formula is C16H22N4S2. The fraction of sp³-hybridized carbons (Fsp3) is 0.375. The SMILES string of the molecule is C=Cn1ccn(CCCCCCn2ccn(C=C)c2=S)c1=S. The van der Waals surface area contributed by atoms with Crippen LogP contribution in [-0.4, -0.2) is 18.3 Å². The van der Waals surface area contributed by atoms with E-state index in [1.807, 2.05) is 33.9 Å². The van der Waals surface area contributed by atoms with E-state index >= 15 is 0 Å². The van der Waals surface area contributed by atoms with Crippen LogP contribution in [0, 0.1) is 9.54 Å². The smallest absolute Gasteiger partial charge is 0.183 e. The molecule has 0 atom stereocenters. The molecule has 2 heterocycles. The molecule has 0 amide bonds. The number of aryl methyl sites for hydroxylation is 2. The topological polar surface area (TPSA) is 19.7 Å². The van der Waals surface area contributed by atoms with Gasteiger partial charge in [0.25, 0.3) is 0 Å². The van der Waals surface area contributed by atoms with Crippen molar-refractivity contribution in [1.82, 2.24) is 18.3 Å². The molecule has 2 aromatic rings. The highest BCUT2D eigenvalue weighted by Gasteiger charge is 1.99. The molecule has 2 rings (SSSR count). The van der Waals surface area contributed by atoms with Crippen LogP contribution in [0.15, 0.2) is 37.9 Å². The first-order valence-electron chi connectivity index (χ1n) is 7.47. The summed E-state index contributed by atoms with van der Waals surface area (Å²) in [6.07, 6.45) is 16.0. The lowest BCUT2D eigenvalue weighted by molar-refractivity contribution is 0.534. The van der Waals surface area contributed by atoms with E-state index < -0.39 is 0 Å². The van der Waals surface area contributed by atoms with E-state index in [0.29, 0.717) is 0 Å². The van der Waals surface area contributed by atoms with Crippen LogP contribution in [0.3, 0.4) is 0 Å². The fourth-order valence-electron chi connectivity index (χ4n) is 2.39. The normalized spacial score (nSPS) is 10.7. The third-order valence-corrected chi connectivity index (χ3v) is 4.58. The zero-order valence-corrected chi connectivity index (χ0v) is 14.4. The average molecular weight is 335 g/mol. The molecule has 0 aliphatic carbocycles. The zero-order chi connectivity index (χ0) is 15.9. The van der Waals surface area contributed by atoms with Gasteiger partial charge in [0.15, 0.2) is 9.54 Å². The molecule has 6 heteroatoms. The van der Waals surface area contributed by atoms with Gasteiger partial charge in [-0.3, -0.25) is 9.13 Å². The quantitative estimate of drug-likeness (QED) is 0.484. The maximum absolute atomic E-state index is 5.35. The molecule has 0 fully saturated rings. The second-order valence-corrected chi connectivity index (χ2v) is 5.87. The van der Waals surface area contributed by atoms with Crippen LogP contribution in [-0.2, 0) is 13.1 Å². The molecule has 0 radical (unpaired) electrons. The van der Waals surface area contributed by atoms with E-state index in [0.717, 1.165) is 35.5 Å². The van der Waals surface area contributed by atoms with Gasteiger partial charge in [-0.25, -0.2) is 0 Å². The lowest BCUT2D eigenvalue weighted by Crippen LogP contribution is -2.00. The Morgan fingerprint density at radius 1 is 0.727 bits per heavy atom. The predicted molar refractivity (Wildman–Crippen MR) is 97.8 cm³/mol. The van der Waals surface area contributed by atoms with Gasteiger partial charge in [0.05, 0.1) is 0 Å². The van der Waals surface area contributed by atoms with Crippen LogP contribution in [0.4, 0.5) is 0 Å². The number of hydrogen-bond donors (Lipinski definition) is 0. The number of unbranched alkanes of at least 4 members (excludes halogenated alkanes) is 3. The van der Waals surface area contributed by atoms with Crippen molar-refractivity contribution in [3.63, 3.8) is 0 Å². The Morgan fingerprint density at radius 3 is 1.45 bits per heavy atom. The summed E-state index contributed by atoms with van der Waals surface area (Å²) in [5.41, 5.74) is 0. The van der Waals surface area contributed by atoms with E-state index in [2.05, 4.69) is 22.3 Å². The van der Waals surface area contributed by atoms with E-state index in [9.17, 15) is 0 Å². The third kappa shape index (κ3) is 3.96. The molecule has 0 aliphatic heterocycles. The first-order chi connectivity index (χ1) is 10.7. The van der Waals surface area contributed by atoms with Crippen LogP contribution < -0.4 is 0 Å². The molecule has 0 saturated heterocycles. The van der Waals surface area contributed by atoms with Gasteiger partial charge in [-0.15, -0.1) is 0 Å². The van der Waals surface area contributed by atoms with Gasteiger partial charge in [-0.2, -0.15) is 0 Å². The number of rotatable bonds is 9. The van der Waals surface area contributed by atoms with E-state index in [1.54, 1.807) is 12.4 Å². The van der Waals surface area contributed by atoms with Gasteiger partial charge in [-0.05, 0) is 37.3 Å². The van der Waals surface area contributed by atoms with Crippen molar-refractivity contribution in [2.75, 3.05) is 0 Å². The number of nitrogens with zero attached hydrogens (tertiary/aromatic N) is 4. The molecule has 0 aliphatic rings. The largest absolute Gasteiger partial charge is 0.323 e. The van der Waals surface area contributed by atoms with Gasteiger partial charge in [0.1, 0.15) is 0 Å². The van der Waals surface area contributed by atoms with Crippen molar-refractivity contribution in [3.8, 4) is 0 Å². The highest BCUT2D eigenvalue weighted by Crippen LogP contribution is 2.07. The molecule has 0 bridgehead atoms. The third-order valence-electron chi connectivity index (χ3n) is 3.69. The minimum Gasteiger partial charge on any atom is -0.323 e. The Hall–Kier alpha value is -1.66. The molecular weight excluding hydrogens is 312 g/mol. The lowest BCUT2D eigenvalue weighted by atomic mass is 10.2. The number of imidazole rings is 2. The standard InChI is InChI=1S/C16H22N4S2/c1-3-17-11-13-19(15(17)21)9-7-5-6-8-10-20-14-12-18(4-2)16(20)22/h3-4,11-14H,1-2,5-10H2. The number of hydrogen-bond acceptors (Lipinski definition) is 2. The Balaban J connectivity index is 1.69. The van der Waals surface area contributed by atoms with Gasteiger partial charge >= 0.3 is 0 Å². The molecule has 0 unspecified atom stereocenters. The van der Waals surface area contributed by atoms with E-state index in [-0.39, 0.29) is 0 Å². The predicted octanol–water partition coefficient (Wildman–Crippen LogP) is 4.81. The minimum absolute atomic E-state index is 0.812. The zero-order valence-electron chi connectivity index (χ0n) is 12.7. The average Bonchev–Trinajstić information content (AvgIpc) is 3.06. The van der Waals surface area contributed by atoms with Crippen LogP contribution in [0.25, 0.3) is 12.4 Å². The second kappa shape index (κ2) is 8.10. The summed E-state index contributed by atoms with van der Waals surface area (Å²) < 4.78 is 9.54. The van der Waals surface area contributed by atoms with Gasteiger partial charge in [0.2, 0.25) is 0 Å². The Labute approximate surface area is 141 Å². The van der Waals surface area contributed by atoms with Crippen LogP contribution in [0.5, 0.6) is 0 Å².